The van der Waals surface area contributed by atoms with Gasteiger partial charge in [0.05, 0.1) is 5.92 Å². The molecule has 3 atom stereocenters. The van der Waals surface area contributed by atoms with Crippen molar-refractivity contribution in [3.8, 4) is 11.1 Å². The summed E-state index contributed by atoms with van der Waals surface area (Å²) in [4.78, 5) is 35.6. The van der Waals surface area contributed by atoms with Gasteiger partial charge in [0.1, 0.15) is 6.61 Å². The van der Waals surface area contributed by atoms with E-state index in [-0.39, 0.29) is 30.9 Å². The van der Waals surface area contributed by atoms with E-state index in [0.717, 1.165) is 22.3 Å². The predicted molar refractivity (Wildman–Crippen MR) is 119 cm³/mol. The third-order valence-corrected chi connectivity index (χ3v) is 5.95. The molecule has 2 aromatic carbocycles. The van der Waals surface area contributed by atoms with Crippen LogP contribution in [0, 0.1) is 5.92 Å². The lowest BCUT2D eigenvalue weighted by Crippen LogP contribution is -2.40. The number of carbonyl (C=O) groups is 3. The monoisotopic (exact) mass is 434 g/mol. The van der Waals surface area contributed by atoms with Crippen molar-refractivity contribution in [1.82, 2.24) is 10.6 Å². The number of fused-ring (bicyclic) bond motifs is 3. The van der Waals surface area contributed by atoms with E-state index in [1.165, 1.54) is 0 Å². The molecule has 2 aliphatic rings. The van der Waals surface area contributed by atoms with Gasteiger partial charge in [0.2, 0.25) is 5.91 Å². The molecule has 0 bridgehead atoms. The zero-order valence-electron chi connectivity index (χ0n) is 17.8. The van der Waals surface area contributed by atoms with Gasteiger partial charge in [0.25, 0.3) is 0 Å². The Kier molecular flexibility index (Phi) is 6.25. The molecule has 0 fully saturated rings. The van der Waals surface area contributed by atoms with Gasteiger partial charge in [-0.1, -0.05) is 60.7 Å². The van der Waals surface area contributed by atoms with Crippen molar-refractivity contribution in [2.45, 2.75) is 37.8 Å². The number of benzene rings is 2. The number of hydrogen-bond acceptors (Lipinski definition) is 4. The average Bonchev–Trinajstić information content (AvgIpc) is 3.35. The van der Waals surface area contributed by atoms with E-state index in [1.807, 2.05) is 24.3 Å². The lowest BCUT2D eigenvalue weighted by Gasteiger charge is -2.18. The second-order valence-corrected chi connectivity index (χ2v) is 8.31. The maximum atomic E-state index is 12.3. The van der Waals surface area contributed by atoms with Gasteiger partial charge in [-0.3, -0.25) is 9.59 Å². The molecule has 0 heterocycles. The first-order valence-corrected chi connectivity index (χ1v) is 10.7. The molecule has 3 unspecified atom stereocenters. The first-order valence-electron chi connectivity index (χ1n) is 10.7. The Morgan fingerprint density at radius 3 is 2.25 bits per heavy atom. The van der Waals surface area contributed by atoms with Crippen LogP contribution in [0.2, 0.25) is 0 Å². The first kappa shape index (κ1) is 21.6. The number of carboxylic acids is 1. The van der Waals surface area contributed by atoms with Crippen molar-refractivity contribution in [2.75, 3.05) is 6.61 Å². The molecule has 0 spiro atoms. The molecule has 0 radical (unpaired) electrons. The normalized spacial score (nSPS) is 19.7. The summed E-state index contributed by atoms with van der Waals surface area (Å²) in [5.74, 6) is -1.75. The zero-order chi connectivity index (χ0) is 22.7. The van der Waals surface area contributed by atoms with E-state index < -0.39 is 24.0 Å². The lowest BCUT2D eigenvalue weighted by molar-refractivity contribution is -0.140. The molecule has 3 N–H and O–H groups in total. The Bertz CT molecular complexity index is 1020. The van der Waals surface area contributed by atoms with Crippen LogP contribution in [0.4, 0.5) is 4.79 Å². The van der Waals surface area contributed by atoms with Crippen molar-refractivity contribution < 1.29 is 24.2 Å². The summed E-state index contributed by atoms with van der Waals surface area (Å²) >= 11 is 0. The molecule has 7 heteroatoms. The number of rotatable bonds is 7. The highest BCUT2D eigenvalue weighted by atomic mass is 16.5. The topological polar surface area (TPSA) is 105 Å². The second kappa shape index (κ2) is 9.26. The minimum atomic E-state index is -0.900. The highest BCUT2D eigenvalue weighted by molar-refractivity contribution is 5.80. The third-order valence-electron chi connectivity index (χ3n) is 5.95. The van der Waals surface area contributed by atoms with Crippen LogP contribution in [0.5, 0.6) is 0 Å². The Labute approximate surface area is 186 Å². The van der Waals surface area contributed by atoms with Crippen LogP contribution in [0.15, 0.2) is 60.7 Å². The quantitative estimate of drug-likeness (QED) is 0.579. The summed E-state index contributed by atoms with van der Waals surface area (Å²) in [7, 11) is 0. The molecule has 2 aliphatic carbocycles. The van der Waals surface area contributed by atoms with Crippen LogP contribution in [0.3, 0.4) is 0 Å². The average molecular weight is 434 g/mol. The standard InChI is InChI=1S/C25H26N2O5/c1-15(12-23(28)27-17-11-10-16(13-17)24(29)30)26-25(31)32-14-22-20-8-4-2-6-18(20)19-7-3-5-9-21(19)22/h2-11,15-17,22H,12-14H2,1H3,(H,26,31)(H,27,28)(H,29,30). The molecule has 2 amide bonds. The van der Waals surface area contributed by atoms with E-state index in [2.05, 4.69) is 34.9 Å². The molecule has 0 saturated heterocycles. The summed E-state index contributed by atoms with van der Waals surface area (Å²) in [6.45, 7) is 1.94. The second-order valence-electron chi connectivity index (χ2n) is 8.31. The molecular weight excluding hydrogens is 408 g/mol. The summed E-state index contributed by atoms with van der Waals surface area (Å²) < 4.78 is 5.51. The van der Waals surface area contributed by atoms with Gasteiger partial charge < -0.3 is 20.5 Å². The summed E-state index contributed by atoms with van der Waals surface area (Å²) in [5.41, 5.74) is 4.60. The van der Waals surface area contributed by atoms with Crippen LogP contribution in [-0.2, 0) is 14.3 Å². The van der Waals surface area contributed by atoms with Crippen LogP contribution >= 0.6 is 0 Å². The van der Waals surface area contributed by atoms with Gasteiger partial charge >= 0.3 is 12.1 Å². The SMILES string of the molecule is CC(CC(=O)NC1C=CC(C(=O)O)C1)NC(=O)OCC1c2ccccc2-c2ccccc21. The number of hydrogen-bond donors (Lipinski definition) is 3. The molecule has 2 aromatic rings. The number of alkyl carbamates (subject to hydrolysis) is 1. The number of ether oxygens (including phenoxy) is 1. The number of nitrogens with one attached hydrogen (secondary N) is 2. The highest BCUT2D eigenvalue weighted by Crippen LogP contribution is 2.44. The Morgan fingerprint density at radius 1 is 1.03 bits per heavy atom. The number of aliphatic carboxylic acids is 1. The predicted octanol–water partition coefficient (Wildman–Crippen LogP) is 3.45. The van der Waals surface area contributed by atoms with Crippen molar-refractivity contribution >= 4 is 18.0 Å². The summed E-state index contributed by atoms with van der Waals surface area (Å²) in [5, 5.41) is 14.5. The van der Waals surface area contributed by atoms with E-state index in [0.29, 0.717) is 6.42 Å². The molecule has 0 aromatic heterocycles. The lowest BCUT2D eigenvalue weighted by atomic mass is 9.98. The molecular formula is C25H26N2O5. The Balaban J connectivity index is 1.26. The molecule has 0 saturated carbocycles. The van der Waals surface area contributed by atoms with Crippen LogP contribution in [0.1, 0.15) is 36.8 Å². The van der Waals surface area contributed by atoms with E-state index in [1.54, 1.807) is 19.1 Å². The molecule has 0 aliphatic heterocycles. The smallest absolute Gasteiger partial charge is 0.407 e. The van der Waals surface area contributed by atoms with Crippen molar-refractivity contribution in [2.24, 2.45) is 5.92 Å². The van der Waals surface area contributed by atoms with Crippen molar-refractivity contribution in [1.29, 1.82) is 0 Å². The molecule has 166 valence electrons. The Morgan fingerprint density at radius 2 is 1.66 bits per heavy atom. The fourth-order valence-electron chi connectivity index (χ4n) is 4.43. The highest BCUT2D eigenvalue weighted by Gasteiger charge is 2.29. The van der Waals surface area contributed by atoms with Crippen LogP contribution in [0.25, 0.3) is 11.1 Å². The minimum Gasteiger partial charge on any atom is -0.481 e. The number of carboxylic acid groups (broad SMARTS) is 1. The van der Waals surface area contributed by atoms with Crippen LogP contribution < -0.4 is 10.6 Å². The van der Waals surface area contributed by atoms with Gasteiger partial charge in [-0.25, -0.2) is 4.79 Å². The van der Waals surface area contributed by atoms with Gasteiger partial charge in [-0.15, -0.1) is 0 Å². The van der Waals surface area contributed by atoms with Crippen LogP contribution in [-0.4, -0.2) is 41.8 Å². The molecule has 4 rings (SSSR count). The van der Waals surface area contributed by atoms with Gasteiger partial charge in [-0.05, 0) is 35.6 Å². The van der Waals surface area contributed by atoms with Crippen molar-refractivity contribution in [3.63, 3.8) is 0 Å². The van der Waals surface area contributed by atoms with Crippen molar-refractivity contribution in [3.05, 3.63) is 71.8 Å². The van der Waals surface area contributed by atoms with E-state index >= 15 is 0 Å². The summed E-state index contributed by atoms with van der Waals surface area (Å²) in [6, 6.07) is 15.5. The maximum absolute atomic E-state index is 12.3. The molecule has 7 nitrogen and oxygen atoms in total. The van der Waals surface area contributed by atoms with Gasteiger partial charge in [0.15, 0.2) is 0 Å². The molecule has 32 heavy (non-hydrogen) atoms. The van der Waals surface area contributed by atoms with Gasteiger partial charge in [0, 0.05) is 24.4 Å². The number of carbonyl (C=O) groups excluding carboxylic acids is 2. The third kappa shape index (κ3) is 4.66. The zero-order valence-corrected chi connectivity index (χ0v) is 17.8. The fourth-order valence-corrected chi connectivity index (χ4v) is 4.43. The first-order chi connectivity index (χ1) is 15.4. The maximum Gasteiger partial charge on any atom is 0.407 e. The fraction of sp³-hybridized carbons (Fsp3) is 0.320. The van der Waals surface area contributed by atoms with E-state index in [9.17, 15) is 14.4 Å². The van der Waals surface area contributed by atoms with Gasteiger partial charge in [-0.2, -0.15) is 0 Å². The Hall–Kier alpha value is -3.61. The number of amides is 2. The summed E-state index contributed by atoms with van der Waals surface area (Å²) in [6.07, 6.45) is 3.13. The van der Waals surface area contributed by atoms with E-state index in [4.69, 9.17) is 9.84 Å². The minimum absolute atomic E-state index is 0.0249. The largest absolute Gasteiger partial charge is 0.481 e.